The van der Waals surface area contributed by atoms with Crippen LogP contribution in [0.2, 0.25) is 0 Å². The molecule has 0 saturated carbocycles. The lowest BCUT2D eigenvalue weighted by Gasteiger charge is -2.07. The van der Waals surface area contributed by atoms with Crippen molar-refractivity contribution in [2.75, 3.05) is 6.61 Å². The van der Waals surface area contributed by atoms with E-state index < -0.39 is 0 Å². The lowest BCUT2D eigenvalue weighted by molar-refractivity contribution is 0.339. The Labute approximate surface area is 122 Å². The van der Waals surface area contributed by atoms with E-state index in [4.69, 9.17) is 13.9 Å². The molecule has 2 aromatic heterocycles. The Morgan fingerprint density at radius 3 is 2.48 bits per heavy atom. The Kier molecular flexibility index (Phi) is 3.48. The first kappa shape index (κ1) is 13.4. The van der Waals surface area contributed by atoms with Crippen LogP contribution in [-0.4, -0.2) is 16.6 Å². The number of fused-ring (bicyclic) bond motifs is 1. The molecular weight excluding hydrogens is 268 g/mol. The second-order valence-corrected chi connectivity index (χ2v) is 4.65. The molecule has 2 heterocycles. The Hall–Kier alpha value is -2.56. The molecule has 0 radical (unpaired) electrons. The zero-order valence-electron chi connectivity index (χ0n) is 12.2. The molecule has 5 heteroatoms. The van der Waals surface area contributed by atoms with Crippen LogP contribution in [0.1, 0.15) is 18.2 Å². The van der Waals surface area contributed by atoms with Gasteiger partial charge >= 0.3 is 0 Å². The fraction of sp³-hybridized carbons (Fsp3) is 0.250. The lowest BCUT2D eigenvalue weighted by Crippen LogP contribution is -1.93. The molecule has 3 rings (SSSR count). The van der Waals surface area contributed by atoms with Crippen LogP contribution in [0, 0.1) is 13.8 Å². The first-order chi connectivity index (χ1) is 10.2. The summed E-state index contributed by atoms with van der Waals surface area (Å²) in [7, 11) is 0. The standard InChI is InChI=1S/C16H16N2O3/c1-4-19-12-5-7-13(8-6-12)21-16-14-10(2)11(3)20-15(14)17-9-18-16/h5-9H,4H2,1-3H3. The number of hydrogen-bond acceptors (Lipinski definition) is 5. The van der Waals surface area contributed by atoms with Gasteiger partial charge in [0.05, 0.1) is 6.61 Å². The van der Waals surface area contributed by atoms with E-state index >= 15 is 0 Å². The summed E-state index contributed by atoms with van der Waals surface area (Å²) in [5, 5.41) is 0.809. The van der Waals surface area contributed by atoms with Gasteiger partial charge in [-0.3, -0.25) is 0 Å². The maximum absolute atomic E-state index is 5.85. The number of aromatic nitrogens is 2. The number of hydrogen-bond donors (Lipinski definition) is 0. The molecule has 0 spiro atoms. The lowest BCUT2D eigenvalue weighted by atomic mass is 10.2. The fourth-order valence-electron chi connectivity index (χ4n) is 2.11. The van der Waals surface area contributed by atoms with Gasteiger partial charge in [-0.2, -0.15) is 0 Å². The smallest absolute Gasteiger partial charge is 0.233 e. The number of ether oxygens (including phenoxy) is 2. The Bertz CT molecular complexity index is 763. The molecule has 21 heavy (non-hydrogen) atoms. The number of rotatable bonds is 4. The average Bonchev–Trinajstić information content (AvgIpc) is 2.78. The maximum atomic E-state index is 5.85. The third kappa shape index (κ3) is 2.54. The van der Waals surface area contributed by atoms with Gasteiger partial charge in [0.2, 0.25) is 11.6 Å². The van der Waals surface area contributed by atoms with E-state index in [0.717, 1.165) is 22.5 Å². The van der Waals surface area contributed by atoms with Gasteiger partial charge in [0.25, 0.3) is 0 Å². The zero-order chi connectivity index (χ0) is 14.8. The fourth-order valence-corrected chi connectivity index (χ4v) is 2.11. The molecule has 1 aromatic carbocycles. The van der Waals surface area contributed by atoms with Crippen molar-refractivity contribution in [1.29, 1.82) is 0 Å². The summed E-state index contributed by atoms with van der Waals surface area (Å²) < 4.78 is 16.8. The first-order valence-corrected chi connectivity index (χ1v) is 6.80. The van der Waals surface area contributed by atoms with E-state index in [1.54, 1.807) is 0 Å². The summed E-state index contributed by atoms with van der Waals surface area (Å²) >= 11 is 0. The van der Waals surface area contributed by atoms with E-state index in [2.05, 4.69) is 9.97 Å². The molecule has 0 atom stereocenters. The van der Waals surface area contributed by atoms with Crippen LogP contribution in [0.4, 0.5) is 0 Å². The van der Waals surface area contributed by atoms with Crippen molar-refractivity contribution >= 4 is 11.1 Å². The Morgan fingerprint density at radius 2 is 1.76 bits per heavy atom. The third-order valence-electron chi connectivity index (χ3n) is 3.28. The molecule has 0 N–H and O–H groups in total. The van der Waals surface area contributed by atoms with E-state index in [9.17, 15) is 0 Å². The van der Waals surface area contributed by atoms with Crippen molar-refractivity contribution in [1.82, 2.24) is 9.97 Å². The molecule has 0 aliphatic heterocycles. The molecule has 0 unspecified atom stereocenters. The molecule has 0 saturated heterocycles. The average molecular weight is 284 g/mol. The minimum absolute atomic E-state index is 0.499. The Morgan fingerprint density at radius 1 is 1.05 bits per heavy atom. The minimum Gasteiger partial charge on any atom is -0.494 e. The summed E-state index contributed by atoms with van der Waals surface area (Å²) in [6, 6.07) is 7.43. The van der Waals surface area contributed by atoms with Crippen LogP contribution >= 0.6 is 0 Å². The number of benzene rings is 1. The van der Waals surface area contributed by atoms with Gasteiger partial charge in [-0.05, 0) is 45.0 Å². The summed E-state index contributed by atoms with van der Waals surface area (Å²) in [5.74, 6) is 2.82. The number of furan rings is 1. The largest absolute Gasteiger partial charge is 0.494 e. The summed E-state index contributed by atoms with van der Waals surface area (Å²) in [4.78, 5) is 8.34. The van der Waals surface area contributed by atoms with Gasteiger partial charge in [-0.15, -0.1) is 0 Å². The van der Waals surface area contributed by atoms with Crippen molar-refractivity contribution in [3.63, 3.8) is 0 Å². The first-order valence-electron chi connectivity index (χ1n) is 6.80. The second kappa shape index (κ2) is 5.44. The molecule has 0 aliphatic carbocycles. The van der Waals surface area contributed by atoms with E-state index in [1.807, 2.05) is 45.0 Å². The van der Waals surface area contributed by atoms with E-state index in [0.29, 0.717) is 23.9 Å². The normalized spacial score (nSPS) is 10.8. The van der Waals surface area contributed by atoms with Crippen LogP contribution in [0.5, 0.6) is 17.4 Å². The quantitative estimate of drug-likeness (QED) is 0.724. The third-order valence-corrected chi connectivity index (χ3v) is 3.28. The SMILES string of the molecule is CCOc1ccc(Oc2ncnc3oc(C)c(C)c23)cc1. The summed E-state index contributed by atoms with van der Waals surface area (Å²) in [5.41, 5.74) is 1.53. The minimum atomic E-state index is 0.499. The van der Waals surface area contributed by atoms with Crippen molar-refractivity contribution in [3.05, 3.63) is 41.9 Å². The van der Waals surface area contributed by atoms with Crippen LogP contribution < -0.4 is 9.47 Å². The van der Waals surface area contributed by atoms with Gasteiger partial charge in [-0.1, -0.05) is 0 Å². The van der Waals surface area contributed by atoms with Crippen molar-refractivity contribution in [3.8, 4) is 17.4 Å². The monoisotopic (exact) mass is 284 g/mol. The number of nitrogens with zero attached hydrogens (tertiary/aromatic N) is 2. The van der Waals surface area contributed by atoms with Crippen LogP contribution in [0.15, 0.2) is 35.0 Å². The van der Waals surface area contributed by atoms with Gasteiger partial charge in [0, 0.05) is 5.56 Å². The van der Waals surface area contributed by atoms with Crippen LogP contribution in [0.25, 0.3) is 11.1 Å². The molecule has 0 fully saturated rings. The Balaban J connectivity index is 1.94. The maximum Gasteiger partial charge on any atom is 0.233 e. The van der Waals surface area contributed by atoms with Gasteiger partial charge in [0.1, 0.15) is 29.0 Å². The predicted octanol–water partition coefficient (Wildman–Crippen LogP) is 4.03. The molecule has 0 amide bonds. The topological polar surface area (TPSA) is 57.4 Å². The number of aryl methyl sites for hydroxylation is 2. The summed E-state index contributed by atoms with van der Waals surface area (Å²) in [6.45, 7) is 6.46. The highest BCUT2D eigenvalue weighted by Gasteiger charge is 2.15. The molecule has 108 valence electrons. The second-order valence-electron chi connectivity index (χ2n) is 4.65. The summed E-state index contributed by atoms with van der Waals surface area (Å²) in [6.07, 6.45) is 1.44. The molecule has 0 bridgehead atoms. The van der Waals surface area contributed by atoms with Gasteiger partial charge in [-0.25, -0.2) is 9.97 Å². The molecule has 0 aliphatic rings. The van der Waals surface area contributed by atoms with Crippen LogP contribution in [-0.2, 0) is 0 Å². The molecular formula is C16H16N2O3. The molecule has 3 aromatic rings. The predicted molar refractivity (Wildman–Crippen MR) is 79.0 cm³/mol. The van der Waals surface area contributed by atoms with Crippen LogP contribution in [0.3, 0.4) is 0 Å². The highest BCUT2D eigenvalue weighted by Crippen LogP contribution is 2.32. The highest BCUT2D eigenvalue weighted by atomic mass is 16.5. The van der Waals surface area contributed by atoms with Crippen molar-refractivity contribution in [2.45, 2.75) is 20.8 Å². The van der Waals surface area contributed by atoms with E-state index in [1.165, 1.54) is 6.33 Å². The van der Waals surface area contributed by atoms with Gasteiger partial charge in [0.15, 0.2) is 0 Å². The zero-order valence-corrected chi connectivity index (χ0v) is 12.2. The van der Waals surface area contributed by atoms with Crippen molar-refractivity contribution in [2.24, 2.45) is 0 Å². The van der Waals surface area contributed by atoms with Gasteiger partial charge < -0.3 is 13.9 Å². The van der Waals surface area contributed by atoms with Crippen molar-refractivity contribution < 1.29 is 13.9 Å². The molecule has 5 nitrogen and oxygen atoms in total. The highest BCUT2D eigenvalue weighted by molar-refractivity contribution is 5.83. The van der Waals surface area contributed by atoms with E-state index in [-0.39, 0.29) is 0 Å².